The van der Waals surface area contributed by atoms with Crippen molar-refractivity contribution in [2.45, 2.75) is 18.2 Å². The number of esters is 1. The second-order valence-electron chi connectivity index (χ2n) is 7.02. The zero-order chi connectivity index (χ0) is 25.4. The van der Waals surface area contributed by atoms with Crippen LogP contribution in [0.1, 0.15) is 26.5 Å². The number of aromatic nitrogens is 3. The van der Waals surface area contributed by atoms with Gasteiger partial charge in [-0.05, 0) is 42.5 Å². The number of rotatable bonds is 10. The summed E-state index contributed by atoms with van der Waals surface area (Å²) in [5.74, 6) is -0.487. The average molecular weight is 534 g/mol. The van der Waals surface area contributed by atoms with E-state index in [0.717, 1.165) is 0 Å². The molecule has 0 atom stereocenters. The number of hydrogen-bond donors (Lipinski definition) is 2. The van der Waals surface area contributed by atoms with Crippen LogP contribution >= 0.6 is 35.0 Å². The molecule has 3 aromatic rings. The van der Waals surface area contributed by atoms with Crippen molar-refractivity contribution in [1.29, 1.82) is 0 Å². The van der Waals surface area contributed by atoms with E-state index in [4.69, 9.17) is 23.2 Å². The molecular formula is C23H21Cl2N5O4S. The van der Waals surface area contributed by atoms with Gasteiger partial charge in [-0.25, -0.2) is 4.79 Å². The second kappa shape index (κ2) is 12.4. The standard InChI is InChI=1S/C23H21Cl2N5O4S/c1-3-10-30-19(12-26-21(32)15-6-9-17(24)18(25)11-15)28-29-23(30)35-13-20(31)27-16-7-4-14(5-8-16)22(33)34-2/h3-9,11H,1,10,12-13H2,2H3,(H,26,32)(H,27,31). The SMILES string of the molecule is C=CCn1c(CNC(=O)c2ccc(Cl)c(Cl)c2)nnc1SCC(=O)Nc1ccc(C(=O)OC)cc1. The van der Waals surface area contributed by atoms with Crippen LogP contribution in [0, 0.1) is 0 Å². The monoisotopic (exact) mass is 533 g/mol. The fraction of sp³-hybridized carbons (Fsp3) is 0.174. The van der Waals surface area contributed by atoms with Gasteiger partial charge < -0.3 is 19.9 Å². The van der Waals surface area contributed by atoms with E-state index in [1.54, 1.807) is 47.0 Å². The number of hydrogen-bond acceptors (Lipinski definition) is 7. The van der Waals surface area contributed by atoms with E-state index >= 15 is 0 Å². The lowest BCUT2D eigenvalue weighted by Crippen LogP contribution is -2.25. The molecule has 35 heavy (non-hydrogen) atoms. The first-order chi connectivity index (χ1) is 16.8. The molecule has 3 rings (SSSR count). The van der Waals surface area contributed by atoms with Crippen LogP contribution in [0.3, 0.4) is 0 Å². The Morgan fingerprint density at radius 3 is 2.46 bits per heavy atom. The van der Waals surface area contributed by atoms with E-state index in [-0.39, 0.29) is 29.1 Å². The van der Waals surface area contributed by atoms with Crippen LogP contribution in [0.4, 0.5) is 5.69 Å². The van der Waals surface area contributed by atoms with E-state index in [0.29, 0.717) is 39.4 Å². The first-order valence-electron chi connectivity index (χ1n) is 10.2. The molecule has 0 aliphatic heterocycles. The molecular weight excluding hydrogens is 513 g/mol. The van der Waals surface area contributed by atoms with Crippen LogP contribution in [-0.2, 0) is 22.6 Å². The molecule has 2 aromatic carbocycles. The Bertz CT molecular complexity index is 1250. The summed E-state index contributed by atoms with van der Waals surface area (Å²) >= 11 is 13.1. The van der Waals surface area contributed by atoms with Gasteiger partial charge in [0, 0.05) is 17.8 Å². The van der Waals surface area contributed by atoms with Crippen molar-refractivity contribution in [2.75, 3.05) is 18.2 Å². The molecule has 0 bridgehead atoms. The maximum absolute atomic E-state index is 12.4. The Kier molecular flexibility index (Phi) is 9.30. The van der Waals surface area contributed by atoms with Crippen LogP contribution in [0.2, 0.25) is 10.0 Å². The van der Waals surface area contributed by atoms with Gasteiger partial charge in [0.25, 0.3) is 5.91 Å². The highest BCUT2D eigenvalue weighted by Crippen LogP contribution is 2.23. The third kappa shape index (κ3) is 7.08. The number of anilines is 1. The predicted molar refractivity (Wildman–Crippen MR) is 135 cm³/mol. The number of ether oxygens (including phenoxy) is 1. The van der Waals surface area contributed by atoms with Crippen molar-refractivity contribution in [3.8, 4) is 0 Å². The van der Waals surface area contributed by atoms with Crippen LogP contribution < -0.4 is 10.6 Å². The quantitative estimate of drug-likeness (QED) is 0.227. The summed E-state index contributed by atoms with van der Waals surface area (Å²) in [7, 11) is 1.30. The molecule has 1 heterocycles. The van der Waals surface area contributed by atoms with Gasteiger partial charge in [0.05, 0.1) is 35.0 Å². The van der Waals surface area contributed by atoms with Crippen LogP contribution in [0.5, 0.6) is 0 Å². The molecule has 0 aliphatic carbocycles. The van der Waals surface area contributed by atoms with Crippen LogP contribution in [0.15, 0.2) is 60.3 Å². The van der Waals surface area contributed by atoms with Gasteiger partial charge in [0.15, 0.2) is 11.0 Å². The molecule has 2 amide bonds. The van der Waals surface area contributed by atoms with E-state index in [2.05, 4.69) is 32.1 Å². The number of allylic oxidation sites excluding steroid dienone is 1. The highest BCUT2D eigenvalue weighted by atomic mass is 35.5. The molecule has 12 heteroatoms. The lowest BCUT2D eigenvalue weighted by Gasteiger charge is -2.09. The number of thioether (sulfide) groups is 1. The zero-order valence-corrected chi connectivity index (χ0v) is 20.9. The third-order valence-corrected chi connectivity index (χ3v) is 6.32. The topological polar surface area (TPSA) is 115 Å². The summed E-state index contributed by atoms with van der Waals surface area (Å²) in [5, 5.41) is 14.9. The van der Waals surface area contributed by atoms with Crippen molar-refractivity contribution in [1.82, 2.24) is 20.1 Å². The predicted octanol–water partition coefficient (Wildman–Crippen LogP) is 4.22. The minimum atomic E-state index is -0.455. The summed E-state index contributed by atoms with van der Waals surface area (Å²) in [6, 6.07) is 11.0. The fourth-order valence-corrected chi connectivity index (χ4v) is 3.97. The first kappa shape index (κ1) is 26.3. The van der Waals surface area contributed by atoms with Crippen molar-refractivity contribution < 1.29 is 19.1 Å². The molecule has 0 saturated carbocycles. The highest BCUT2D eigenvalue weighted by molar-refractivity contribution is 7.99. The molecule has 0 fully saturated rings. The fourth-order valence-electron chi connectivity index (χ4n) is 2.90. The minimum Gasteiger partial charge on any atom is -0.465 e. The summed E-state index contributed by atoms with van der Waals surface area (Å²) in [6.07, 6.45) is 1.67. The third-order valence-electron chi connectivity index (χ3n) is 4.62. The Morgan fingerprint density at radius 2 is 1.80 bits per heavy atom. The Hall–Kier alpha value is -3.34. The Morgan fingerprint density at radius 1 is 1.09 bits per heavy atom. The number of benzene rings is 2. The molecule has 0 aliphatic rings. The normalized spacial score (nSPS) is 10.5. The molecule has 0 radical (unpaired) electrons. The summed E-state index contributed by atoms with van der Waals surface area (Å²) < 4.78 is 6.41. The van der Waals surface area contributed by atoms with Crippen LogP contribution in [-0.4, -0.2) is 45.4 Å². The average Bonchev–Trinajstić information content (AvgIpc) is 3.24. The summed E-state index contributed by atoms with van der Waals surface area (Å²) in [5.41, 5.74) is 1.29. The smallest absolute Gasteiger partial charge is 0.337 e. The lowest BCUT2D eigenvalue weighted by molar-refractivity contribution is -0.113. The largest absolute Gasteiger partial charge is 0.465 e. The maximum atomic E-state index is 12.4. The molecule has 182 valence electrons. The molecule has 2 N–H and O–H groups in total. The van der Waals surface area contributed by atoms with E-state index < -0.39 is 5.97 Å². The number of nitrogens with zero attached hydrogens (tertiary/aromatic N) is 3. The van der Waals surface area contributed by atoms with Crippen LogP contribution in [0.25, 0.3) is 0 Å². The van der Waals surface area contributed by atoms with Gasteiger partial charge in [-0.15, -0.1) is 16.8 Å². The van der Waals surface area contributed by atoms with E-state index in [1.165, 1.54) is 24.9 Å². The van der Waals surface area contributed by atoms with Crippen molar-refractivity contribution in [3.05, 3.63) is 82.1 Å². The minimum absolute atomic E-state index is 0.0731. The van der Waals surface area contributed by atoms with Gasteiger partial charge in [-0.1, -0.05) is 41.0 Å². The second-order valence-corrected chi connectivity index (χ2v) is 8.77. The van der Waals surface area contributed by atoms with Crippen molar-refractivity contribution in [2.24, 2.45) is 0 Å². The number of methoxy groups -OCH3 is 1. The maximum Gasteiger partial charge on any atom is 0.337 e. The highest BCUT2D eigenvalue weighted by Gasteiger charge is 2.16. The molecule has 0 unspecified atom stereocenters. The summed E-state index contributed by atoms with van der Waals surface area (Å²) in [6.45, 7) is 4.25. The lowest BCUT2D eigenvalue weighted by atomic mass is 10.2. The zero-order valence-electron chi connectivity index (χ0n) is 18.6. The van der Waals surface area contributed by atoms with Crippen molar-refractivity contribution in [3.63, 3.8) is 0 Å². The number of nitrogens with one attached hydrogen (secondary N) is 2. The van der Waals surface area contributed by atoms with Gasteiger partial charge >= 0.3 is 5.97 Å². The summed E-state index contributed by atoms with van der Waals surface area (Å²) in [4.78, 5) is 36.3. The molecule has 0 spiro atoms. The van der Waals surface area contributed by atoms with E-state index in [1.807, 2.05) is 0 Å². The first-order valence-corrected chi connectivity index (χ1v) is 11.9. The number of carbonyl (C=O) groups excluding carboxylic acids is 3. The van der Waals surface area contributed by atoms with Gasteiger partial charge in [0.1, 0.15) is 0 Å². The molecule has 9 nitrogen and oxygen atoms in total. The van der Waals surface area contributed by atoms with Gasteiger partial charge in [-0.3, -0.25) is 9.59 Å². The number of amides is 2. The molecule has 1 aromatic heterocycles. The van der Waals surface area contributed by atoms with Gasteiger partial charge in [0.2, 0.25) is 5.91 Å². The number of halogens is 2. The van der Waals surface area contributed by atoms with Gasteiger partial charge in [-0.2, -0.15) is 0 Å². The Balaban J connectivity index is 1.59. The Labute approximate surface area is 215 Å². The number of carbonyl (C=O) groups is 3. The van der Waals surface area contributed by atoms with E-state index in [9.17, 15) is 14.4 Å². The van der Waals surface area contributed by atoms with Crippen molar-refractivity contribution >= 4 is 58.4 Å². The molecule has 0 saturated heterocycles.